The number of amides is 1. The van der Waals surface area contributed by atoms with Crippen molar-refractivity contribution in [3.05, 3.63) is 52.5 Å². The van der Waals surface area contributed by atoms with Crippen LogP contribution in [0.5, 0.6) is 0 Å². The fourth-order valence-corrected chi connectivity index (χ4v) is 2.26. The normalized spacial score (nSPS) is 10.4. The van der Waals surface area contributed by atoms with Gasteiger partial charge in [-0.2, -0.15) is 0 Å². The standard InChI is InChI=1S/C13H14BrN3O/c1-16-8-10(14)7-12(16)13(18)17(2)9-11-5-3-4-6-15-11/h3-8H,9H2,1-2H3. The highest BCUT2D eigenvalue weighted by atomic mass is 79.9. The number of hydrogen-bond acceptors (Lipinski definition) is 2. The topological polar surface area (TPSA) is 38.1 Å². The lowest BCUT2D eigenvalue weighted by atomic mass is 10.3. The Labute approximate surface area is 114 Å². The molecule has 94 valence electrons. The lowest BCUT2D eigenvalue weighted by Gasteiger charge is -2.16. The molecule has 5 heteroatoms. The second kappa shape index (κ2) is 5.35. The summed E-state index contributed by atoms with van der Waals surface area (Å²) in [6.45, 7) is 0.502. The van der Waals surface area contributed by atoms with E-state index >= 15 is 0 Å². The van der Waals surface area contributed by atoms with Crippen LogP contribution in [0.2, 0.25) is 0 Å². The van der Waals surface area contributed by atoms with E-state index in [2.05, 4.69) is 20.9 Å². The zero-order chi connectivity index (χ0) is 13.1. The first-order valence-electron chi connectivity index (χ1n) is 5.55. The van der Waals surface area contributed by atoms with Crippen molar-refractivity contribution in [2.75, 3.05) is 7.05 Å². The highest BCUT2D eigenvalue weighted by molar-refractivity contribution is 9.10. The first kappa shape index (κ1) is 12.8. The Bertz CT molecular complexity index is 551. The Morgan fingerprint density at radius 1 is 1.50 bits per heavy atom. The van der Waals surface area contributed by atoms with Crippen LogP contribution in [0.3, 0.4) is 0 Å². The summed E-state index contributed by atoms with van der Waals surface area (Å²) in [6, 6.07) is 7.50. The Morgan fingerprint density at radius 3 is 2.83 bits per heavy atom. The first-order valence-corrected chi connectivity index (χ1v) is 6.34. The van der Waals surface area contributed by atoms with E-state index in [1.807, 2.05) is 37.5 Å². The summed E-state index contributed by atoms with van der Waals surface area (Å²) < 4.78 is 2.71. The van der Waals surface area contributed by atoms with Gasteiger partial charge in [-0.3, -0.25) is 9.78 Å². The predicted molar refractivity (Wildman–Crippen MR) is 73.1 cm³/mol. The molecule has 18 heavy (non-hydrogen) atoms. The monoisotopic (exact) mass is 307 g/mol. The second-order valence-corrected chi connectivity index (χ2v) is 5.05. The summed E-state index contributed by atoms with van der Waals surface area (Å²) in [5.41, 5.74) is 1.53. The van der Waals surface area contributed by atoms with E-state index in [1.54, 1.807) is 22.7 Å². The molecule has 0 aliphatic carbocycles. The zero-order valence-corrected chi connectivity index (χ0v) is 11.9. The van der Waals surface area contributed by atoms with Crippen LogP contribution in [0.4, 0.5) is 0 Å². The van der Waals surface area contributed by atoms with E-state index in [1.165, 1.54) is 0 Å². The molecule has 2 rings (SSSR count). The molecular weight excluding hydrogens is 294 g/mol. The Morgan fingerprint density at radius 2 is 2.28 bits per heavy atom. The molecule has 0 fully saturated rings. The highest BCUT2D eigenvalue weighted by Gasteiger charge is 2.16. The van der Waals surface area contributed by atoms with Crippen molar-refractivity contribution in [2.24, 2.45) is 7.05 Å². The molecule has 0 saturated heterocycles. The van der Waals surface area contributed by atoms with Crippen molar-refractivity contribution < 1.29 is 4.79 Å². The van der Waals surface area contributed by atoms with Crippen LogP contribution < -0.4 is 0 Å². The number of rotatable bonds is 3. The number of nitrogens with zero attached hydrogens (tertiary/aromatic N) is 3. The van der Waals surface area contributed by atoms with Crippen LogP contribution in [0.15, 0.2) is 41.1 Å². The average molecular weight is 308 g/mol. The lowest BCUT2D eigenvalue weighted by Crippen LogP contribution is -2.28. The largest absolute Gasteiger partial charge is 0.345 e. The average Bonchev–Trinajstić information content (AvgIpc) is 2.68. The summed E-state index contributed by atoms with van der Waals surface area (Å²) in [7, 11) is 3.63. The summed E-state index contributed by atoms with van der Waals surface area (Å²) in [6.07, 6.45) is 3.59. The maximum absolute atomic E-state index is 12.2. The second-order valence-electron chi connectivity index (χ2n) is 4.14. The van der Waals surface area contributed by atoms with E-state index in [-0.39, 0.29) is 5.91 Å². The quantitative estimate of drug-likeness (QED) is 0.873. The number of hydrogen-bond donors (Lipinski definition) is 0. The smallest absolute Gasteiger partial charge is 0.270 e. The minimum absolute atomic E-state index is 0.0196. The van der Waals surface area contributed by atoms with Crippen molar-refractivity contribution in [3.8, 4) is 0 Å². The molecule has 1 amide bonds. The van der Waals surface area contributed by atoms with Crippen LogP contribution in [0.1, 0.15) is 16.2 Å². The minimum Gasteiger partial charge on any atom is -0.345 e. The van der Waals surface area contributed by atoms with E-state index in [4.69, 9.17) is 0 Å². The first-order chi connectivity index (χ1) is 8.58. The molecule has 0 bridgehead atoms. The summed E-state index contributed by atoms with van der Waals surface area (Å²) in [5, 5.41) is 0. The molecule has 0 unspecified atom stereocenters. The fraction of sp³-hybridized carbons (Fsp3) is 0.231. The number of aromatic nitrogens is 2. The van der Waals surface area contributed by atoms with Crippen molar-refractivity contribution in [2.45, 2.75) is 6.54 Å². The van der Waals surface area contributed by atoms with E-state index in [0.717, 1.165) is 10.2 Å². The van der Waals surface area contributed by atoms with Crippen molar-refractivity contribution in [1.82, 2.24) is 14.5 Å². The molecule has 0 saturated carbocycles. The van der Waals surface area contributed by atoms with Gasteiger partial charge in [-0.25, -0.2) is 0 Å². The van der Waals surface area contributed by atoms with Gasteiger partial charge in [0, 0.05) is 31.0 Å². The molecule has 2 aromatic heterocycles. The van der Waals surface area contributed by atoms with Crippen LogP contribution >= 0.6 is 15.9 Å². The maximum atomic E-state index is 12.2. The lowest BCUT2D eigenvalue weighted by molar-refractivity contribution is 0.0774. The van der Waals surface area contributed by atoms with Crippen molar-refractivity contribution in [1.29, 1.82) is 0 Å². The maximum Gasteiger partial charge on any atom is 0.270 e. The van der Waals surface area contributed by atoms with Gasteiger partial charge in [0.1, 0.15) is 5.69 Å². The van der Waals surface area contributed by atoms with Gasteiger partial charge in [-0.05, 0) is 34.1 Å². The van der Waals surface area contributed by atoms with Gasteiger partial charge < -0.3 is 9.47 Å². The van der Waals surface area contributed by atoms with Crippen LogP contribution in [0.25, 0.3) is 0 Å². The van der Waals surface area contributed by atoms with Gasteiger partial charge in [-0.1, -0.05) is 6.07 Å². The van der Waals surface area contributed by atoms with Gasteiger partial charge in [-0.15, -0.1) is 0 Å². The third kappa shape index (κ3) is 2.79. The molecule has 0 aliphatic rings. The van der Waals surface area contributed by atoms with E-state index in [0.29, 0.717) is 12.2 Å². The third-order valence-corrected chi connectivity index (χ3v) is 3.10. The minimum atomic E-state index is -0.0196. The third-order valence-electron chi connectivity index (χ3n) is 2.66. The van der Waals surface area contributed by atoms with Crippen LogP contribution in [-0.4, -0.2) is 27.4 Å². The van der Waals surface area contributed by atoms with Gasteiger partial charge in [0.25, 0.3) is 5.91 Å². The molecule has 2 heterocycles. The Hall–Kier alpha value is -1.62. The molecule has 0 radical (unpaired) electrons. The summed E-state index contributed by atoms with van der Waals surface area (Å²) in [5.74, 6) is -0.0196. The van der Waals surface area contributed by atoms with Gasteiger partial charge >= 0.3 is 0 Å². The molecule has 0 aliphatic heterocycles. The van der Waals surface area contributed by atoms with Gasteiger partial charge in [0.05, 0.1) is 12.2 Å². The number of halogens is 1. The zero-order valence-electron chi connectivity index (χ0n) is 10.3. The predicted octanol–water partition coefficient (Wildman–Crippen LogP) is 2.45. The SMILES string of the molecule is CN(Cc1ccccn1)C(=O)c1cc(Br)cn1C. The molecular formula is C13H14BrN3O. The van der Waals surface area contributed by atoms with Gasteiger partial charge in [0.15, 0.2) is 0 Å². The Balaban J connectivity index is 2.12. The van der Waals surface area contributed by atoms with Crippen molar-refractivity contribution in [3.63, 3.8) is 0 Å². The number of carbonyl (C=O) groups excluding carboxylic acids is 1. The Kier molecular flexibility index (Phi) is 3.81. The van der Waals surface area contributed by atoms with Crippen LogP contribution in [-0.2, 0) is 13.6 Å². The molecule has 0 aromatic carbocycles. The van der Waals surface area contributed by atoms with Gasteiger partial charge in [0.2, 0.25) is 0 Å². The fourth-order valence-electron chi connectivity index (χ4n) is 1.74. The highest BCUT2D eigenvalue weighted by Crippen LogP contribution is 2.15. The number of pyridine rings is 1. The number of aryl methyl sites for hydroxylation is 1. The van der Waals surface area contributed by atoms with Crippen LogP contribution in [0, 0.1) is 0 Å². The molecule has 0 atom stereocenters. The molecule has 4 nitrogen and oxygen atoms in total. The van der Waals surface area contributed by atoms with E-state index in [9.17, 15) is 4.79 Å². The van der Waals surface area contributed by atoms with Crippen molar-refractivity contribution >= 4 is 21.8 Å². The molecule has 2 aromatic rings. The molecule has 0 spiro atoms. The van der Waals surface area contributed by atoms with E-state index < -0.39 is 0 Å². The number of carbonyl (C=O) groups is 1. The molecule has 0 N–H and O–H groups in total. The summed E-state index contributed by atoms with van der Waals surface area (Å²) >= 11 is 3.36. The summed E-state index contributed by atoms with van der Waals surface area (Å²) in [4.78, 5) is 18.1.